The SMILES string of the molecule is C[C@H](Sc1n[nH]c(N)n1)C(=O)N[C@@H]1CCCc2ccccc21. The Kier molecular flexibility index (Phi) is 4.33. The number of aryl methyl sites for hydroxylation is 1. The molecule has 0 spiro atoms. The van der Waals surface area contributed by atoms with E-state index in [-0.39, 0.29) is 23.1 Å². The van der Waals surface area contributed by atoms with Crippen molar-refractivity contribution in [3.05, 3.63) is 35.4 Å². The molecule has 1 heterocycles. The number of amides is 1. The fraction of sp³-hybridized carbons (Fsp3) is 0.400. The van der Waals surface area contributed by atoms with Gasteiger partial charge in [0, 0.05) is 0 Å². The predicted octanol–water partition coefficient (Wildman–Crippen LogP) is 2.06. The van der Waals surface area contributed by atoms with Crippen LogP contribution in [0.4, 0.5) is 5.95 Å². The summed E-state index contributed by atoms with van der Waals surface area (Å²) in [5, 5.41) is 9.88. The summed E-state index contributed by atoms with van der Waals surface area (Å²) in [5.41, 5.74) is 8.06. The second-order valence-electron chi connectivity index (χ2n) is 5.42. The van der Waals surface area contributed by atoms with Crippen molar-refractivity contribution >= 4 is 23.6 Å². The van der Waals surface area contributed by atoms with Crippen LogP contribution in [0.15, 0.2) is 29.4 Å². The van der Waals surface area contributed by atoms with E-state index >= 15 is 0 Å². The molecule has 0 aliphatic heterocycles. The van der Waals surface area contributed by atoms with Crippen LogP contribution in [-0.2, 0) is 11.2 Å². The standard InChI is InChI=1S/C15H19N5OS/c1-9(22-15-18-14(16)19-20-15)13(21)17-12-8-4-6-10-5-2-3-7-11(10)12/h2-3,5,7,9,12H,4,6,8H2,1H3,(H,17,21)(H3,16,18,19,20)/t9-,12+/m0/s1. The summed E-state index contributed by atoms with van der Waals surface area (Å²) in [7, 11) is 0. The second kappa shape index (κ2) is 6.39. The fourth-order valence-electron chi connectivity index (χ4n) is 2.72. The molecular formula is C15H19N5OS. The van der Waals surface area contributed by atoms with E-state index in [0.29, 0.717) is 5.16 Å². The van der Waals surface area contributed by atoms with Gasteiger partial charge in [0.15, 0.2) is 0 Å². The van der Waals surface area contributed by atoms with Crippen LogP contribution in [0, 0.1) is 0 Å². The van der Waals surface area contributed by atoms with Gasteiger partial charge in [-0.2, -0.15) is 4.98 Å². The van der Waals surface area contributed by atoms with Crippen molar-refractivity contribution in [1.82, 2.24) is 20.5 Å². The van der Waals surface area contributed by atoms with E-state index in [1.54, 1.807) is 0 Å². The maximum absolute atomic E-state index is 12.4. The number of aromatic amines is 1. The molecule has 116 valence electrons. The first-order valence-electron chi connectivity index (χ1n) is 7.36. The van der Waals surface area contributed by atoms with Gasteiger partial charge in [0.1, 0.15) is 0 Å². The van der Waals surface area contributed by atoms with Crippen molar-refractivity contribution < 1.29 is 4.79 Å². The predicted molar refractivity (Wildman–Crippen MR) is 86.4 cm³/mol. The second-order valence-corrected chi connectivity index (χ2v) is 6.72. The van der Waals surface area contributed by atoms with Crippen LogP contribution in [0.5, 0.6) is 0 Å². The van der Waals surface area contributed by atoms with Crippen molar-refractivity contribution in [2.45, 2.75) is 42.6 Å². The van der Waals surface area contributed by atoms with Crippen LogP contribution < -0.4 is 11.1 Å². The molecule has 0 bridgehead atoms. The van der Waals surface area contributed by atoms with Gasteiger partial charge in [-0.1, -0.05) is 36.0 Å². The zero-order chi connectivity index (χ0) is 15.5. The smallest absolute Gasteiger partial charge is 0.233 e. The average molecular weight is 317 g/mol. The number of hydrogen-bond donors (Lipinski definition) is 3. The van der Waals surface area contributed by atoms with E-state index < -0.39 is 0 Å². The molecule has 1 aliphatic carbocycles. The number of thioether (sulfide) groups is 1. The summed E-state index contributed by atoms with van der Waals surface area (Å²) in [4.78, 5) is 16.4. The minimum absolute atomic E-state index is 0.00456. The fourth-order valence-corrected chi connectivity index (χ4v) is 3.46. The minimum Gasteiger partial charge on any atom is -0.368 e. The Morgan fingerprint density at radius 1 is 1.50 bits per heavy atom. The number of hydrogen-bond acceptors (Lipinski definition) is 5. The number of H-pyrrole nitrogens is 1. The average Bonchev–Trinajstić information content (AvgIpc) is 2.92. The number of nitrogens with one attached hydrogen (secondary N) is 2. The lowest BCUT2D eigenvalue weighted by atomic mass is 9.88. The number of nitrogens with zero attached hydrogens (tertiary/aromatic N) is 2. The highest BCUT2D eigenvalue weighted by atomic mass is 32.2. The van der Waals surface area contributed by atoms with E-state index in [1.807, 2.05) is 13.0 Å². The van der Waals surface area contributed by atoms with Gasteiger partial charge in [-0.25, -0.2) is 5.10 Å². The lowest BCUT2D eigenvalue weighted by Crippen LogP contribution is -2.35. The Hall–Kier alpha value is -2.02. The van der Waals surface area contributed by atoms with E-state index in [0.717, 1.165) is 19.3 Å². The molecule has 6 nitrogen and oxygen atoms in total. The molecule has 2 atom stereocenters. The third kappa shape index (κ3) is 3.24. The van der Waals surface area contributed by atoms with Crippen LogP contribution >= 0.6 is 11.8 Å². The van der Waals surface area contributed by atoms with Crippen LogP contribution in [0.1, 0.15) is 36.9 Å². The van der Waals surface area contributed by atoms with Crippen LogP contribution in [0.25, 0.3) is 0 Å². The Balaban J connectivity index is 1.64. The maximum atomic E-state index is 12.4. The highest BCUT2D eigenvalue weighted by molar-refractivity contribution is 8.00. The Morgan fingerprint density at radius 2 is 2.32 bits per heavy atom. The van der Waals surface area contributed by atoms with Gasteiger partial charge in [-0.15, -0.1) is 5.10 Å². The third-order valence-corrected chi connectivity index (χ3v) is 4.78. The number of aromatic nitrogens is 3. The lowest BCUT2D eigenvalue weighted by molar-refractivity contribution is -0.121. The molecule has 1 aromatic carbocycles. The number of anilines is 1. The number of carbonyl (C=O) groups is 1. The molecule has 0 radical (unpaired) electrons. The number of fused-ring (bicyclic) bond motifs is 1. The molecule has 0 saturated heterocycles. The van der Waals surface area contributed by atoms with Crippen LogP contribution in [-0.4, -0.2) is 26.3 Å². The zero-order valence-corrected chi connectivity index (χ0v) is 13.2. The van der Waals surface area contributed by atoms with Gasteiger partial charge >= 0.3 is 0 Å². The summed E-state index contributed by atoms with van der Waals surface area (Å²) >= 11 is 1.30. The molecule has 0 fully saturated rings. The number of rotatable bonds is 4. The number of benzene rings is 1. The summed E-state index contributed by atoms with van der Waals surface area (Å²) < 4.78 is 0. The Bertz CT molecular complexity index is 671. The highest BCUT2D eigenvalue weighted by Gasteiger charge is 2.24. The molecular weight excluding hydrogens is 298 g/mol. The summed E-state index contributed by atoms with van der Waals surface area (Å²) in [6, 6.07) is 8.42. The number of nitrogens with two attached hydrogens (primary N) is 1. The highest BCUT2D eigenvalue weighted by Crippen LogP contribution is 2.30. The molecule has 2 aromatic rings. The van der Waals surface area contributed by atoms with E-state index in [2.05, 4.69) is 38.7 Å². The largest absolute Gasteiger partial charge is 0.368 e. The van der Waals surface area contributed by atoms with Crippen LogP contribution in [0.3, 0.4) is 0 Å². The van der Waals surface area contributed by atoms with Crippen LogP contribution in [0.2, 0.25) is 0 Å². The van der Waals surface area contributed by atoms with E-state index in [1.165, 1.54) is 22.9 Å². The minimum atomic E-state index is -0.274. The molecule has 1 amide bonds. The first-order valence-corrected chi connectivity index (χ1v) is 8.24. The quantitative estimate of drug-likeness (QED) is 0.750. The maximum Gasteiger partial charge on any atom is 0.233 e. The van der Waals surface area contributed by atoms with Gasteiger partial charge in [-0.05, 0) is 37.3 Å². The number of nitrogen functional groups attached to an aromatic ring is 1. The molecule has 7 heteroatoms. The third-order valence-electron chi connectivity index (χ3n) is 3.82. The van der Waals surface area contributed by atoms with Gasteiger partial charge in [0.05, 0.1) is 11.3 Å². The van der Waals surface area contributed by atoms with E-state index in [9.17, 15) is 4.79 Å². The summed E-state index contributed by atoms with van der Waals surface area (Å²) in [6.07, 6.45) is 3.16. The Labute approximate surface area is 133 Å². The van der Waals surface area contributed by atoms with Gasteiger partial charge in [0.25, 0.3) is 0 Å². The molecule has 3 rings (SSSR count). The number of carbonyl (C=O) groups excluding carboxylic acids is 1. The van der Waals surface area contributed by atoms with Crippen molar-refractivity contribution in [3.8, 4) is 0 Å². The summed E-state index contributed by atoms with van der Waals surface area (Å²) in [5.74, 6) is 0.256. The molecule has 1 aliphatic rings. The molecule has 1 aromatic heterocycles. The molecule has 0 unspecified atom stereocenters. The molecule has 22 heavy (non-hydrogen) atoms. The summed E-state index contributed by atoms with van der Waals surface area (Å²) in [6.45, 7) is 1.85. The van der Waals surface area contributed by atoms with E-state index in [4.69, 9.17) is 5.73 Å². The lowest BCUT2D eigenvalue weighted by Gasteiger charge is -2.27. The molecule has 4 N–H and O–H groups in total. The van der Waals surface area contributed by atoms with Crippen molar-refractivity contribution in [3.63, 3.8) is 0 Å². The van der Waals surface area contributed by atoms with Gasteiger partial charge in [0.2, 0.25) is 17.0 Å². The first kappa shape index (κ1) is 14.9. The van der Waals surface area contributed by atoms with Crippen molar-refractivity contribution in [2.24, 2.45) is 0 Å². The van der Waals surface area contributed by atoms with Crippen molar-refractivity contribution in [1.29, 1.82) is 0 Å². The topological polar surface area (TPSA) is 96.7 Å². The Morgan fingerprint density at radius 3 is 3.09 bits per heavy atom. The monoisotopic (exact) mass is 317 g/mol. The van der Waals surface area contributed by atoms with Gasteiger partial charge in [-0.3, -0.25) is 4.79 Å². The normalized spacial score (nSPS) is 18.5. The van der Waals surface area contributed by atoms with Crippen molar-refractivity contribution in [2.75, 3.05) is 5.73 Å². The van der Waals surface area contributed by atoms with Gasteiger partial charge < -0.3 is 11.1 Å². The first-order chi connectivity index (χ1) is 10.6. The zero-order valence-electron chi connectivity index (χ0n) is 12.4. The molecule has 0 saturated carbocycles.